The molecule has 3 aromatic rings. The van der Waals surface area contributed by atoms with Crippen LogP contribution in [0.2, 0.25) is 0 Å². The summed E-state index contributed by atoms with van der Waals surface area (Å²) in [5.41, 5.74) is 1.60. The number of rotatable bonds is 6. The number of fused-ring (bicyclic) bond motifs is 1. The lowest BCUT2D eigenvalue weighted by Gasteiger charge is -2.40. The van der Waals surface area contributed by atoms with Crippen molar-refractivity contribution in [1.82, 2.24) is 20.1 Å². The van der Waals surface area contributed by atoms with E-state index in [4.69, 9.17) is 9.40 Å². The molecule has 3 unspecified atom stereocenters. The number of nitrogens with zero attached hydrogens (tertiary/aromatic N) is 4. The number of hydrogen-bond donors (Lipinski definition) is 0. The molecule has 4 fully saturated rings. The van der Waals surface area contributed by atoms with Crippen molar-refractivity contribution in [2.45, 2.75) is 56.9 Å². The van der Waals surface area contributed by atoms with E-state index in [0.29, 0.717) is 11.8 Å². The van der Waals surface area contributed by atoms with Gasteiger partial charge >= 0.3 is 0 Å². The van der Waals surface area contributed by atoms with Crippen molar-refractivity contribution >= 4 is 12.4 Å². The molecule has 7 rings (SSSR count). The number of benzene rings is 1. The fourth-order valence-electron chi connectivity index (χ4n) is 7.03. The number of aromatic nitrogens is 3. The van der Waals surface area contributed by atoms with Crippen LogP contribution in [0.1, 0.15) is 61.6 Å². The molecular formula is C27H33ClN4O. The van der Waals surface area contributed by atoms with E-state index in [2.05, 4.69) is 57.6 Å². The molecule has 174 valence electrons. The van der Waals surface area contributed by atoms with Gasteiger partial charge in [0.05, 0.1) is 5.69 Å². The molecule has 4 heterocycles. The molecule has 4 bridgehead atoms. The molecule has 2 aliphatic heterocycles. The van der Waals surface area contributed by atoms with Gasteiger partial charge in [0.15, 0.2) is 0 Å². The molecule has 1 aromatic carbocycles. The highest BCUT2D eigenvalue weighted by Crippen LogP contribution is 2.48. The van der Waals surface area contributed by atoms with Gasteiger partial charge in [0.25, 0.3) is 0 Å². The maximum atomic E-state index is 6.15. The maximum absolute atomic E-state index is 6.15. The van der Waals surface area contributed by atoms with Crippen molar-refractivity contribution in [3.8, 4) is 0 Å². The molecule has 6 heteroatoms. The van der Waals surface area contributed by atoms with E-state index in [-0.39, 0.29) is 12.4 Å². The van der Waals surface area contributed by atoms with E-state index in [1.54, 1.807) is 0 Å². The second kappa shape index (κ2) is 9.19. The minimum Gasteiger partial charge on any atom is -0.424 e. The van der Waals surface area contributed by atoms with Gasteiger partial charge in [0.1, 0.15) is 5.41 Å². The first kappa shape index (κ1) is 22.5. The average molecular weight is 465 g/mol. The van der Waals surface area contributed by atoms with Crippen LogP contribution in [0.4, 0.5) is 0 Å². The van der Waals surface area contributed by atoms with Crippen LogP contribution in [0.25, 0.3) is 0 Å². The zero-order chi connectivity index (χ0) is 21.5. The summed E-state index contributed by atoms with van der Waals surface area (Å²) in [4.78, 5) is 7.63. The Bertz CT molecular complexity index is 1000. The Kier molecular flexibility index (Phi) is 6.28. The molecule has 0 N–H and O–H groups in total. The third kappa shape index (κ3) is 4.10. The normalized spacial score (nSPS) is 28.2. The summed E-state index contributed by atoms with van der Waals surface area (Å²) in [6.45, 7) is 4.13. The summed E-state index contributed by atoms with van der Waals surface area (Å²) < 4.78 is 6.15. The zero-order valence-electron chi connectivity index (χ0n) is 19.3. The lowest BCUT2D eigenvalue weighted by molar-refractivity contribution is 0.121. The van der Waals surface area contributed by atoms with Gasteiger partial charge in [-0.05, 0) is 74.0 Å². The maximum Gasteiger partial charge on any atom is 0.233 e. The highest BCUT2D eigenvalue weighted by atomic mass is 35.5. The van der Waals surface area contributed by atoms with Crippen LogP contribution in [-0.2, 0) is 5.41 Å². The van der Waals surface area contributed by atoms with Crippen LogP contribution in [0.5, 0.6) is 0 Å². The Balaban J connectivity index is 0.00000228. The molecule has 2 aliphatic carbocycles. The SMILES string of the molecule is Cc1nnc(C(CCN2CC3CC4CC(C3)CC2C4)(c2ccccc2)c2ccccn2)o1.Cl. The Morgan fingerprint density at radius 1 is 0.909 bits per heavy atom. The second-order valence-corrected chi connectivity index (χ2v) is 10.3. The average Bonchev–Trinajstić information content (AvgIpc) is 3.16. The van der Waals surface area contributed by atoms with Crippen LogP contribution in [0.15, 0.2) is 59.1 Å². The lowest BCUT2D eigenvalue weighted by atomic mass is 9.68. The zero-order valence-corrected chi connectivity index (χ0v) is 20.1. The minimum atomic E-state index is -0.549. The van der Waals surface area contributed by atoms with Crippen LogP contribution >= 0.6 is 12.4 Å². The molecule has 2 aromatic heterocycles. The van der Waals surface area contributed by atoms with Crippen molar-refractivity contribution < 1.29 is 4.42 Å². The molecule has 0 spiro atoms. The Morgan fingerprint density at radius 2 is 1.64 bits per heavy atom. The van der Waals surface area contributed by atoms with E-state index < -0.39 is 5.41 Å². The summed E-state index contributed by atoms with van der Waals surface area (Å²) in [7, 11) is 0. The molecule has 33 heavy (non-hydrogen) atoms. The summed E-state index contributed by atoms with van der Waals surface area (Å²) in [5.74, 6) is 4.03. The topological polar surface area (TPSA) is 55.1 Å². The predicted octanol–water partition coefficient (Wildman–Crippen LogP) is 5.43. The van der Waals surface area contributed by atoms with Gasteiger partial charge in [-0.15, -0.1) is 22.6 Å². The van der Waals surface area contributed by atoms with Crippen molar-refractivity contribution in [1.29, 1.82) is 0 Å². The molecule has 2 saturated heterocycles. The number of aryl methyl sites for hydroxylation is 1. The summed E-state index contributed by atoms with van der Waals surface area (Å²) >= 11 is 0. The minimum absolute atomic E-state index is 0. The highest BCUT2D eigenvalue weighted by Gasteiger charge is 2.46. The largest absolute Gasteiger partial charge is 0.424 e. The van der Waals surface area contributed by atoms with E-state index in [1.165, 1.54) is 44.2 Å². The van der Waals surface area contributed by atoms with Gasteiger partial charge in [0, 0.05) is 32.3 Å². The van der Waals surface area contributed by atoms with Crippen LogP contribution < -0.4 is 0 Å². The van der Waals surface area contributed by atoms with E-state index in [1.807, 2.05) is 19.2 Å². The van der Waals surface area contributed by atoms with Crippen LogP contribution in [0.3, 0.4) is 0 Å². The van der Waals surface area contributed by atoms with Gasteiger partial charge in [-0.25, -0.2) is 0 Å². The van der Waals surface area contributed by atoms with E-state index >= 15 is 0 Å². The Labute approximate surface area is 202 Å². The van der Waals surface area contributed by atoms with Crippen molar-refractivity contribution in [2.24, 2.45) is 17.8 Å². The fraction of sp³-hybridized carbons (Fsp3) is 0.519. The smallest absolute Gasteiger partial charge is 0.233 e. The van der Waals surface area contributed by atoms with Crippen LogP contribution in [-0.4, -0.2) is 39.2 Å². The van der Waals surface area contributed by atoms with Crippen molar-refractivity contribution in [3.05, 3.63) is 77.8 Å². The van der Waals surface area contributed by atoms with Gasteiger partial charge < -0.3 is 9.32 Å². The Morgan fingerprint density at radius 3 is 2.30 bits per heavy atom. The second-order valence-electron chi connectivity index (χ2n) is 10.3. The first-order valence-corrected chi connectivity index (χ1v) is 12.2. The standard InChI is InChI=1S/C27H32N4O.ClH/c1-19-29-30-26(32-19)27(23-7-3-2-4-8-23,25-9-5-6-11-28-25)10-12-31-18-22-14-20-13-21(15-22)17-24(31)16-20;/h2-9,11,20-22,24H,10,12-18H2,1H3;1H. The summed E-state index contributed by atoms with van der Waals surface area (Å²) in [6.07, 6.45) is 9.89. The Hall–Kier alpha value is -2.24. The lowest BCUT2D eigenvalue weighted by Crippen LogP contribution is -2.42. The van der Waals surface area contributed by atoms with Gasteiger partial charge in [0.2, 0.25) is 11.8 Å². The third-order valence-electron chi connectivity index (χ3n) is 8.25. The molecule has 5 nitrogen and oxygen atoms in total. The quantitative estimate of drug-likeness (QED) is 0.486. The highest BCUT2D eigenvalue weighted by molar-refractivity contribution is 5.85. The van der Waals surface area contributed by atoms with Gasteiger partial charge in [-0.1, -0.05) is 36.4 Å². The molecule has 0 amide bonds. The fourth-order valence-corrected chi connectivity index (χ4v) is 7.03. The third-order valence-corrected chi connectivity index (χ3v) is 8.25. The van der Waals surface area contributed by atoms with Crippen molar-refractivity contribution in [2.75, 3.05) is 13.1 Å². The predicted molar refractivity (Wildman–Crippen MR) is 130 cm³/mol. The van der Waals surface area contributed by atoms with Gasteiger partial charge in [-0.2, -0.15) is 0 Å². The van der Waals surface area contributed by atoms with E-state index in [0.717, 1.165) is 42.5 Å². The number of hydrogen-bond acceptors (Lipinski definition) is 5. The summed E-state index contributed by atoms with van der Waals surface area (Å²) in [5, 5.41) is 8.79. The number of pyridine rings is 1. The monoisotopic (exact) mass is 464 g/mol. The van der Waals surface area contributed by atoms with Crippen LogP contribution in [0, 0.1) is 24.7 Å². The molecule has 0 radical (unpaired) electrons. The van der Waals surface area contributed by atoms with Crippen molar-refractivity contribution in [3.63, 3.8) is 0 Å². The summed E-state index contributed by atoms with van der Waals surface area (Å²) in [6, 6.07) is 17.5. The molecule has 2 saturated carbocycles. The van der Waals surface area contributed by atoms with Gasteiger partial charge in [-0.3, -0.25) is 4.98 Å². The number of halogens is 1. The first-order chi connectivity index (χ1) is 15.7. The first-order valence-electron chi connectivity index (χ1n) is 12.2. The molecular weight excluding hydrogens is 432 g/mol. The molecule has 3 atom stereocenters. The molecule has 4 aliphatic rings. The van der Waals surface area contributed by atoms with E-state index in [9.17, 15) is 0 Å².